The first kappa shape index (κ1) is 16.7. The van der Waals surface area contributed by atoms with Crippen molar-refractivity contribution in [3.05, 3.63) is 56.7 Å². The van der Waals surface area contributed by atoms with Crippen LogP contribution in [-0.4, -0.2) is 18.0 Å². The molecular weight excluding hydrogens is 344 g/mol. The molecule has 1 aromatic heterocycles. The van der Waals surface area contributed by atoms with Crippen molar-refractivity contribution in [1.29, 1.82) is 0 Å². The summed E-state index contributed by atoms with van der Waals surface area (Å²) in [7, 11) is 0. The van der Waals surface area contributed by atoms with E-state index in [9.17, 15) is 0 Å². The quantitative estimate of drug-likeness (QED) is 0.845. The molecule has 0 radical (unpaired) electrons. The van der Waals surface area contributed by atoms with Crippen molar-refractivity contribution in [2.75, 3.05) is 13.1 Å². The molecule has 2 aromatic rings. The van der Waals surface area contributed by atoms with E-state index in [-0.39, 0.29) is 12.4 Å². The monoisotopic (exact) mass is 360 g/mol. The molecule has 104 valence electrons. The van der Waals surface area contributed by atoms with Crippen LogP contribution in [0.2, 0.25) is 0 Å². The van der Waals surface area contributed by atoms with Gasteiger partial charge in [-0.25, -0.2) is 0 Å². The summed E-state index contributed by atoms with van der Waals surface area (Å²) in [6, 6.07) is 12.6. The summed E-state index contributed by atoms with van der Waals surface area (Å²) in [5, 5.41) is 2.11. The zero-order valence-corrected chi connectivity index (χ0v) is 13.8. The molecule has 0 spiro atoms. The van der Waals surface area contributed by atoms with Gasteiger partial charge in [-0.2, -0.15) is 0 Å². The van der Waals surface area contributed by atoms with Gasteiger partial charge in [-0.1, -0.05) is 30.3 Å². The Bertz CT molecular complexity index is 475. The molecule has 5 heteroatoms. The van der Waals surface area contributed by atoms with Crippen LogP contribution in [0.15, 0.2) is 46.3 Å². The van der Waals surface area contributed by atoms with Crippen LogP contribution < -0.4 is 5.73 Å². The fourth-order valence-corrected chi connectivity index (χ4v) is 3.40. The van der Waals surface area contributed by atoms with Gasteiger partial charge in [0, 0.05) is 35.5 Å². The highest BCUT2D eigenvalue weighted by Crippen LogP contribution is 2.24. The molecule has 0 aliphatic heterocycles. The summed E-state index contributed by atoms with van der Waals surface area (Å²) in [6.45, 7) is 3.50. The molecule has 1 aromatic carbocycles. The van der Waals surface area contributed by atoms with Gasteiger partial charge in [0.2, 0.25) is 0 Å². The number of nitrogens with two attached hydrogens (primary N) is 1. The lowest BCUT2D eigenvalue weighted by atomic mass is 10.2. The van der Waals surface area contributed by atoms with E-state index in [1.165, 1.54) is 14.9 Å². The van der Waals surface area contributed by atoms with Gasteiger partial charge in [0.1, 0.15) is 0 Å². The third-order valence-corrected chi connectivity index (χ3v) is 4.66. The molecule has 0 saturated heterocycles. The van der Waals surface area contributed by atoms with Crippen molar-refractivity contribution in [3.63, 3.8) is 0 Å². The number of thiophene rings is 1. The molecule has 0 saturated carbocycles. The van der Waals surface area contributed by atoms with Crippen molar-refractivity contribution in [3.8, 4) is 0 Å². The Morgan fingerprint density at radius 1 is 1.11 bits per heavy atom. The van der Waals surface area contributed by atoms with Gasteiger partial charge in [-0.15, -0.1) is 23.7 Å². The summed E-state index contributed by atoms with van der Waals surface area (Å²) >= 11 is 5.37. The maximum atomic E-state index is 5.70. The van der Waals surface area contributed by atoms with E-state index >= 15 is 0 Å². The highest BCUT2D eigenvalue weighted by Gasteiger charge is 2.09. The second kappa shape index (κ2) is 8.72. The van der Waals surface area contributed by atoms with E-state index in [2.05, 4.69) is 56.5 Å². The fraction of sp³-hybridized carbons (Fsp3) is 0.286. The molecular formula is C14H18BrClN2S. The number of hydrogen-bond donors (Lipinski definition) is 1. The van der Waals surface area contributed by atoms with Gasteiger partial charge in [0.15, 0.2) is 0 Å². The molecule has 0 aliphatic rings. The SMILES string of the molecule is Cl.NCCN(Cc1ccccc1)Cc1sccc1Br. The fourth-order valence-electron chi connectivity index (χ4n) is 1.88. The molecule has 0 unspecified atom stereocenters. The van der Waals surface area contributed by atoms with E-state index in [1.54, 1.807) is 11.3 Å². The highest BCUT2D eigenvalue weighted by molar-refractivity contribution is 9.10. The molecule has 0 bridgehead atoms. The second-order valence-corrected chi connectivity index (χ2v) is 6.03. The van der Waals surface area contributed by atoms with Crippen LogP contribution >= 0.6 is 39.7 Å². The Balaban J connectivity index is 0.00000180. The van der Waals surface area contributed by atoms with Gasteiger partial charge in [-0.05, 0) is 32.9 Å². The van der Waals surface area contributed by atoms with Crippen molar-refractivity contribution >= 4 is 39.7 Å². The Hall–Kier alpha value is -0.390. The van der Waals surface area contributed by atoms with Crippen LogP contribution in [0, 0.1) is 0 Å². The van der Waals surface area contributed by atoms with Gasteiger partial charge in [-0.3, -0.25) is 4.90 Å². The zero-order chi connectivity index (χ0) is 12.8. The Kier molecular flexibility index (Phi) is 7.64. The second-order valence-electron chi connectivity index (χ2n) is 4.18. The van der Waals surface area contributed by atoms with E-state index in [0.717, 1.165) is 19.6 Å². The predicted molar refractivity (Wildman–Crippen MR) is 88.9 cm³/mol. The number of halogens is 2. The number of rotatable bonds is 6. The van der Waals surface area contributed by atoms with Crippen LogP contribution in [0.3, 0.4) is 0 Å². The maximum absolute atomic E-state index is 5.70. The molecule has 2 rings (SSSR count). The van der Waals surface area contributed by atoms with E-state index < -0.39 is 0 Å². The predicted octanol–water partition coefficient (Wildman–Crippen LogP) is 3.89. The Labute approximate surface area is 133 Å². The van der Waals surface area contributed by atoms with Crippen molar-refractivity contribution in [2.45, 2.75) is 13.1 Å². The molecule has 2 N–H and O–H groups in total. The average molecular weight is 362 g/mol. The summed E-state index contributed by atoms with van der Waals surface area (Å²) < 4.78 is 1.20. The lowest BCUT2D eigenvalue weighted by Crippen LogP contribution is -2.28. The van der Waals surface area contributed by atoms with E-state index in [0.29, 0.717) is 6.54 Å². The molecule has 19 heavy (non-hydrogen) atoms. The largest absolute Gasteiger partial charge is 0.329 e. The molecule has 0 fully saturated rings. The minimum absolute atomic E-state index is 0. The summed E-state index contributed by atoms with van der Waals surface area (Å²) in [5.74, 6) is 0. The minimum atomic E-state index is 0. The highest BCUT2D eigenvalue weighted by atomic mass is 79.9. The van der Waals surface area contributed by atoms with Crippen molar-refractivity contribution in [2.24, 2.45) is 5.73 Å². The molecule has 0 atom stereocenters. The summed E-state index contributed by atoms with van der Waals surface area (Å²) in [4.78, 5) is 3.74. The van der Waals surface area contributed by atoms with E-state index in [4.69, 9.17) is 5.73 Å². The molecule has 2 nitrogen and oxygen atoms in total. The maximum Gasteiger partial charge on any atom is 0.0343 e. The molecule has 1 heterocycles. The number of benzene rings is 1. The average Bonchev–Trinajstić information content (AvgIpc) is 2.77. The lowest BCUT2D eigenvalue weighted by Gasteiger charge is -2.21. The standard InChI is InChI=1S/C14H17BrN2S.ClH/c15-13-6-9-18-14(13)11-17(8-7-16)10-12-4-2-1-3-5-12;/h1-6,9H,7-8,10-11,16H2;1H. The van der Waals surface area contributed by atoms with Crippen LogP contribution in [-0.2, 0) is 13.1 Å². The zero-order valence-electron chi connectivity index (χ0n) is 10.6. The van der Waals surface area contributed by atoms with Crippen LogP contribution in [0.25, 0.3) is 0 Å². The lowest BCUT2D eigenvalue weighted by molar-refractivity contribution is 0.266. The van der Waals surface area contributed by atoms with Gasteiger partial charge in [0.05, 0.1) is 0 Å². The smallest absolute Gasteiger partial charge is 0.0343 e. The Morgan fingerprint density at radius 3 is 2.42 bits per heavy atom. The first-order valence-electron chi connectivity index (χ1n) is 5.98. The van der Waals surface area contributed by atoms with E-state index in [1.807, 2.05) is 6.07 Å². The van der Waals surface area contributed by atoms with Gasteiger partial charge in [0.25, 0.3) is 0 Å². The number of nitrogens with zero attached hydrogens (tertiary/aromatic N) is 1. The molecule has 0 aliphatic carbocycles. The van der Waals surface area contributed by atoms with Crippen molar-refractivity contribution < 1.29 is 0 Å². The molecule has 0 amide bonds. The Morgan fingerprint density at radius 2 is 1.84 bits per heavy atom. The topological polar surface area (TPSA) is 29.3 Å². The van der Waals surface area contributed by atoms with Crippen LogP contribution in [0.4, 0.5) is 0 Å². The third-order valence-electron chi connectivity index (χ3n) is 2.75. The third kappa shape index (κ3) is 5.24. The van der Waals surface area contributed by atoms with Crippen molar-refractivity contribution in [1.82, 2.24) is 4.90 Å². The van der Waals surface area contributed by atoms with Crippen LogP contribution in [0.1, 0.15) is 10.4 Å². The first-order valence-corrected chi connectivity index (χ1v) is 7.65. The van der Waals surface area contributed by atoms with Gasteiger partial charge < -0.3 is 5.73 Å². The van der Waals surface area contributed by atoms with Gasteiger partial charge >= 0.3 is 0 Å². The first-order chi connectivity index (χ1) is 8.79. The number of hydrogen-bond acceptors (Lipinski definition) is 3. The summed E-state index contributed by atoms with van der Waals surface area (Å²) in [5.41, 5.74) is 7.03. The van der Waals surface area contributed by atoms with Crippen LogP contribution in [0.5, 0.6) is 0 Å². The normalized spacial score (nSPS) is 10.5. The summed E-state index contributed by atoms with van der Waals surface area (Å²) in [6.07, 6.45) is 0. The minimum Gasteiger partial charge on any atom is -0.329 e.